The van der Waals surface area contributed by atoms with Gasteiger partial charge in [-0.2, -0.15) is 5.26 Å². The van der Waals surface area contributed by atoms with Crippen LogP contribution in [0.2, 0.25) is 0 Å². The second-order valence-electron chi connectivity index (χ2n) is 3.17. The number of pyridine rings is 1. The summed E-state index contributed by atoms with van der Waals surface area (Å²) < 4.78 is 0. The van der Waals surface area contributed by atoms with Crippen LogP contribution < -0.4 is 0 Å². The van der Waals surface area contributed by atoms with Gasteiger partial charge in [0.2, 0.25) is 0 Å². The predicted molar refractivity (Wildman–Crippen MR) is 47.8 cm³/mol. The highest BCUT2D eigenvalue weighted by Crippen LogP contribution is 2.17. The Kier molecular flexibility index (Phi) is 2.44. The summed E-state index contributed by atoms with van der Waals surface area (Å²) in [6, 6.07) is 4.00. The molecule has 0 saturated heterocycles. The zero-order valence-corrected chi connectivity index (χ0v) is 7.63. The van der Waals surface area contributed by atoms with Crippen molar-refractivity contribution >= 4 is 0 Å². The van der Waals surface area contributed by atoms with Crippen LogP contribution in [0.3, 0.4) is 0 Å². The second kappa shape index (κ2) is 3.36. The van der Waals surface area contributed by atoms with E-state index in [1.807, 2.05) is 13.0 Å². The molecule has 0 amide bonds. The first-order valence-corrected chi connectivity index (χ1v) is 4.01. The van der Waals surface area contributed by atoms with Gasteiger partial charge in [0, 0.05) is 11.9 Å². The molecule has 1 heterocycles. The van der Waals surface area contributed by atoms with Gasteiger partial charge < -0.3 is 0 Å². The van der Waals surface area contributed by atoms with Crippen molar-refractivity contribution in [2.45, 2.75) is 26.7 Å². The smallest absolute Gasteiger partial charge is 0.101 e. The Morgan fingerprint density at radius 1 is 1.50 bits per heavy atom. The first-order chi connectivity index (χ1) is 5.65. The number of hydrogen-bond donors (Lipinski definition) is 0. The van der Waals surface area contributed by atoms with Gasteiger partial charge in [-0.05, 0) is 24.5 Å². The van der Waals surface area contributed by atoms with Crippen molar-refractivity contribution in [1.29, 1.82) is 5.26 Å². The van der Waals surface area contributed by atoms with Gasteiger partial charge in [0.25, 0.3) is 0 Å². The second-order valence-corrected chi connectivity index (χ2v) is 3.17. The summed E-state index contributed by atoms with van der Waals surface area (Å²) >= 11 is 0. The van der Waals surface area contributed by atoms with Gasteiger partial charge >= 0.3 is 0 Å². The summed E-state index contributed by atoms with van der Waals surface area (Å²) in [5.41, 5.74) is 2.82. The lowest BCUT2D eigenvalue weighted by Crippen LogP contribution is -1.95. The van der Waals surface area contributed by atoms with Crippen LogP contribution in [0.4, 0.5) is 0 Å². The standard InChI is InChI=1S/C10H12N2/c1-7(2)10-4-9(5-11)6-12-8(10)3/h4,6-7H,1-3H3. The number of rotatable bonds is 1. The summed E-state index contributed by atoms with van der Waals surface area (Å²) in [6.45, 7) is 6.17. The Balaban J connectivity index is 3.19. The number of aromatic nitrogens is 1. The number of hydrogen-bond acceptors (Lipinski definition) is 2. The van der Waals surface area contributed by atoms with E-state index < -0.39 is 0 Å². The quantitative estimate of drug-likeness (QED) is 0.632. The highest BCUT2D eigenvalue weighted by atomic mass is 14.7. The lowest BCUT2D eigenvalue weighted by molar-refractivity contribution is 0.842. The molecule has 2 nitrogen and oxygen atoms in total. The minimum absolute atomic E-state index is 0.436. The van der Waals surface area contributed by atoms with Crippen LogP contribution in [0, 0.1) is 18.3 Å². The Morgan fingerprint density at radius 3 is 2.67 bits per heavy atom. The van der Waals surface area contributed by atoms with Crippen molar-refractivity contribution in [3.8, 4) is 6.07 Å². The van der Waals surface area contributed by atoms with Gasteiger partial charge in [0.15, 0.2) is 0 Å². The average molecular weight is 160 g/mol. The van der Waals surface area contributed by atoms with Gasteiger partial charge in [-0.15, -0.1) is 0 Å². The molecule has 0 unspecified atom stereocenters. The topological polar surface area (TPSA) is 36.7 Å². The fourth-order valence-corrected chi connectivity index (χ4v) is 1.20. The zero-order chi connectivity index (χ0) is 9.14. The molecule has 0 aliphatic rings. The molecule has 0 saturated carbocycles. The molecule has 0 N–H and O–H groups in total. The Hall–Kier alpha value is -1.36. The van der Waals surface area contributed by atoms with E-state index in [4.69, 9.17) is 5.26 Å². The molecule has 0 fully saturated rings. The highest BCUT2D eigenvalue weighted by Gasteiger charge is 2.04. The predicted octanol–water partition coefficient (Wildman–Crippen LogP) is 2.39. The van der Waals surface area contributed by atoms with E-state index in [1.165, 1.54) is 0 Å². The van der Waals surface area contributed by atoms with Crippen molar-refractivity contribution in [2.75, 3.05) is 0 Å². The van der Waals surface area contributed by atoms with Gasteiger partial charge in [0.1, 0.15) is 6.07 Å². The van der Waals surface area contributed by atoms with E-state index in [0.29, 0.717) is 11.5 Å². The molecule has 0 aromatic carbocycles. The largest absolute Gasteiger partial charge is 0.260 e. The van der Waals surface area contributed by atoms with Gasteiger partial charge in [-0.3, -0.25) is 4.98 Å². The van der Waals surface area contributed by atoms with Crippen LogP contribution in [0.5, 0.6) is 0 Å². The third-order valence-corrected chi connectivity index (χ3v) is 1.88. The fraction of sp³-hybridized carbons (Fsp3) is 0.400. The van der Waals surface area contributed by atoms with E-state index in [0.717, 1.165) is 11.3 Å². The molecule has 0 aliphatic carbocycles. The monoisotopic (exact) mass is 160 g/mol. The minimum Gasteiger partial charge on any atom is -0.260 e. The zero-order valence-electron chi connectivity index (χ0n) is 7.63. The normalized spacial score (nSPS) is 9.92. The van der Waals surface area contributed by atoms with Crippen LogP contribution in [0.15, 0.2) is 12.3 Å². The minimum atomic E-state index is 0.436. The molecular formula is C10H12N2. The molecule has 0 radical (unpaired) electrons. The van der Waals surface area contributed by atoms with Gasteiger partial charge in [-0.1, -0.05) is 13.8 Å². The summed E-state index contributed by atoms with van der Waals surface area (Å²) in [5, 5.41) is 8.64. The first kappa shape index (κ1) is 8.73. The van der Waals surface area contributed by atoms with Crippen LogP contribution in [-0.2, 0) is 0 Å². The van der Waals surface area contributed by atoms with Crippen molar-refractivity contribution < 1.29 is 0 Å². The molecule has 62 valence electrons. The fourth-order valence-electron chi connectivity index (χ4n) is 1.20. The highest BCUT2D eigenvalue weighted by molar-refractivity contribution is 5.34. The Bertz CT molecular complexity index is 321. The third-order valence-electron chi connectivity index (χ3n) is 1.88. The van der Waals surface area contributed by atoms with Crippen LogP contribution in [0.1, 0.15) is 36.6 Å². The maximum absolute atomic E-state index is 8.64. The molecule has 0 atom stereocenters. The van der Waals surface area contributed by atoms with E-state index in [1.54, 1.807) is 6.20 Å². The SMILES string of the molecule is Cc1ncc(C#N)cc1C(C)C. The molecule has 0 aliphatic heterocycles. The molecule has 1 aromatic rings. The van der Waals surface area contributed by atoms with Crippen molar-refractivity contribution in [3.05, 3.63) is 29.1 Å². The molecule has 0 spiro atoms. The Morgan fingerprint density at radius 2 is 2.17 bits per heavy atom. The number of nitrogens with zero attached hydrogens (tertiary/aromatic N) is 2. The lowest BCUT2D eigenvalue weighted by Gasteiger charge is -2.07. The van der Waals surface area contributed by atoms with E-state index in [-0.39, 0.29) is 0 Å². The maximum atomic E-state index is 8.64. The molecule has 1 rings (SSSR count). The summed E-state index contributed by atoms with van der Waals surface area (Å²) in [5.74, 6) is 0.436. The maximum Gasteiger partial charge on any atom is 0.101 e. The van der Waals surface area contributed by atoms with E-state index in [2.05, 4.69) is 24.9 Å². The van der Waals surface area contributed by atoms with E-state index >= 15 is 0 Å². The summed E-state index contributed by atoms with van der Waals surface area (Å²) in [6.07, 6.45) is 1.61. The van der Waals surface area contributed by atoms with Gasteiger partial charge in [-0.25, -0.2) is 0 Å². The average Bonchev–Trinajstić information content (AvgIpc) is 2.05. The van der Waals surface area contributed by atoms with Crippen LogP contribution >= 0.6 is 0 Å². The van der Waals surface area contributed by atoms with E-state index in [9.17, 15) is 0 Å². The van der Waals surface area contributed by atoms with Gasteiger partial charge in [0.05, 0.1) is 5.56 Å². The third kappa shape index (κ3) is 1.62. The summed E-state index contributed by atoms with van der Waals surface area (Å²) in [7, 11) is 0. The van der Waals surface area contributed by atoms with Crippen molar-refractivity contribution in [2.24, 2.45) is 0 Å². The first-order valence-electron chi connectivity index (χ1n) is 4.01. The van der Waals surface area contributed by atoms with Crippen LogP contribution in [-0.4, -0.2) is 4.98 Å². The number of aryl methyl sites for hydroxylation is 1. The van der Waals surface area contributed by atoms with Crippen molar-refractivity contribution in [3.63, 3.8) is 0 Å². The summed E-state index contributed by atoms with van der Waals surface area (Å²) in [4.78, 5) is 4.15. The lowest BCUT2D eigenvalue weighted by atomic mass is 10.0. The molecular weight excluding hydrogens is 148 g/mol. The molecule has 2 heteroatoms. The van der Waals surface area contributed by atoms with Crippen molar-refractivity contribution in [1.82, 2.24) is 4.98 Å². The molecule has 1 aromatic heterocycles. The van der Waals surface area contributed by atoms with Crippen LogP contribution in [0.25, 0.3) is 0 Å². The number of nitriles is 1. The molecule has 0 bridgehead atoms. The Labute approximate surface area is 72.9 Å². The molecule has 12 heavy (non-hydrogen) atoms.